The predicted molar refractivity (Wildman–Crippen MR) is 223 cm³/mol. The molecular weight excluding hydrogens is 737 g/mol. The maximum atomic E-state index is 14.7. The van der Waals surface area contributed by atoms with Crippen LogP contribution in [0.15, 0.2) is 83.4 Å². The van der Waals surface area contributed by atoms with Crippen LogP contribution in [0.4, 0.5) is 0 Å². The van der Waals surface area contributed by atoms with Crippen LogP contribution in [0, 0.1) is 58.2 Å². The lowest BCUT2D eigenvalue weighted by Crippen LogP contribution is -2.49. The van der Waals surface area contributed by atoms with E-state index in [-0.39, 0.29) is 27.8 Å². The lowest BCUT2D eigenvalue weighted by Gasteiger charge is -2.56. The van der Waals surface area contributed by atoms with E-state index < -0.39 is 5.92 Å². The van der Waals surface area contributed by atoms with Gasteiger partial charge in [-0.3, -0.25) is 9.36 Å². The summed E-state index contributed by atoms with van der Waals surface area (Å²) in [6, 6.07) is 25.3. The first-order valence-electron chi connectivity index (χ1n) is 21.4. The second kappa shape index (κ2) is 12.5. The number of aromatic nitrogens is 5. The van der Waals surface area contributed by atoms with Crippen molar-refractivity contribution < 1.29 is 0 Å². The molecule has 2 aromatic carbocycles. The quantitative estimate of drug-likeness (QED) is 0.195. The van der Waals surface area contributed by atoms with E-state index in [1.165, 1.54) is 54.4 Å². The molecule has 1 aliphatic heterocycles. The van der Waals surface area contributed by atoms with E-state index in [0.717, 1.165) is 90.2 Å². The average Bonchev–Trinajstić information content (AvgIpc) is 3.94. The van der Waals surface area contributed by atoms with Crippen LogP contribution in [0.1, 0.15) is 105 Å². The van der Waals surface area contributed by atoms with Crippen LogP contribution in [0.5, 0.6) is 0 Å². The summed E-state index contributed by atoms with van der Waals surface area (Å²) in [5.74, 6) is 3.60. The summed E-state index contributed by atoms with van der Waals surface area (Å²) >= 11 is 1.31. The van der Waals surface area contributed by atoms with Crippen molar-refractivity contribution in [3.63, 3.8) is 0 Å². The fraction of sp³-hybridized carbons (Fsp3) is 0.438. The Morgan fingerprint density at radius 2 is 1.14 bits per heavy atom. The van der Waals surface area contributed by atoms with Gasteiger partial charge < -0.3 is 5.73 Å². The third kappa shape index (κ3) is 5.06. The number of benzene rings is 2. The Kier molecular flexibility index (Phi) is 7.47. The van der Waals surface area contributed by atoms with Gasteiger partial charge in [0.15, 0.2) is 0 Å². The number of fused-ring (bicyclic) bond motifs is 1. The maximum Gasteiger partial charge on any atom is 0.274 e. The smallest absolute Gasteiger partial charge is 0.274 e. The fourth-order valence-electron chi connectivity index (χ4n) is 14.2. The van der Waals surface area contributed by atoms with Gasteiger partial charge >= 0.3 is 0 Å². The monoisotopic (exact) mass is 782 g/mol. The predicted octanol–water partition coefficient (Wildman–Crippen LogP) is 7.17. The lowest BCUT2D eigenvalue weighted by atomic mass is 9.48. The Balaban J connectivity index is 1.05. The van der Waals surface area contributed by atoms with E-state index in [1.807, 2.05) is 70.2 Å². The van der Waals surface area contributed by atoms with Gasteiger partial charge in [0.1, 0.15) is 10.5 Å². The first-order chi connectivity index (χ1) is 28.3. The first-order valence-corrected chi connectivity index (χ1v) is 22.2. The van der Waals surface area contributed by atoms with Gasteiger partial charge in [-0.05, 0) is 143 Å². The molecule has 8 bridgehead atoms. The second-order valence-corrected chi connectivity index (χ2v) is 20.3. The van der Waals surface area contributed by atoms with Crippen LogP contribution >= 0.6 is 11.3 Å². The van der Waals surface area contributed by atoms with E-state index in [0.29, 0.717) is 32.5 Å². The van der Waals surface area contributed by atoms with Crippen molar-refractivity contribution in [2.75, 3.05) is 0 Å². The zero-order valence-corrected chi connectivity index (χ0v) is 33.4. The number of para-hydroxylation sites is 2. The Morgan fingerprint density at radius 3 is 1.64 bits per heavy atom. The normalized spacial score (nSPS) is 33.1. The van der Waals surface area contributed by atoms with Gasteiger partial charge in [-0.2, -0.15) is 20.7 Å². The Morgan fingerprint density at radius 1 is 0.672 bits per heavy atom. The molecule has 4 heterocycles. The van der Waals surface area contributed by atoms with Crippen LogP contribution in [0.2, 0.25) is 0 Å². The number of nitrogens with two attached hydrogens (primary N) is 1. The number of nitrogens with zero attached hydrogens (tertiary/aromatic N) is 7. The molecule has 2 N–H and O–H groups in total. The highest BCUT2D eigenvalue weighted by atomic mass is 32.1. The van der Waals surface area contributed by atoms with Crippen LogP contribution in [0.25, 0.3) is 28.8 Å². The summed E-state index contributed by atoms with van der Waals surface area (Å²) in [6.45, 7) is 0. The summed E-state index contributed by atoms with van der Waals surface area (Å²) in [6.07, 6.45) is 20.6. The van der Waals surface area contributed by atoms with Gasteiger partial charge in [0.05, 0.1) is 56.5 Å². The highest BCUT2D eigenvalue weighted by Crippen LogP contribution is 2.63. The van der Waals surface area contributed by atoms with Crippen molar-refractivity contribution in [1.82, 2.24) is 24.1 Å². The number of nitriles is 2. The molecule has 10 heteroatoms. The number of rotatable bonds is 6. The van der Waals surface area contributed by atoms with Crippen LogP contribution in [-0.2, 0) is 10.8 Å². The molecule has 1 atom stereocenters. The number of hydrogen-bond acceptors (Lipinski definition) is 7. The molecule has 9 nitrogen and oxygen atoms in total. The molecular formula is C48H46N8OS. The lowest BCUT2D eigenvalue weighted by molar-refractivity contribution is -0.00778. The van der Waals surface area contributed by atoms with Crippen LogP contribution in [-0.4, -0.2) is 24.1 Å². The van der Waals surface area contributed by atoms with Crippen molar-refractivity contribution in [2.45, 2.75) is 93.8 Å². The van der Waals surface area contributed by atoms with E-state index in [2.05, 4.69) is 30.5 Å². The molecule has 0 spiro atoms. The van der Waals surface area contributed by atoms with Gasteiger partial charge in [-0.15, -0.1) is 11.3 Å². The third-order valence-electron chi connectivity index (χ3n) is 15.6. The Hall–Kier alpha value is -5.45. The van der Waals surface area contributed by atoms with E-state index in [9.17, 15) is 15.3 Å². The zero-order chi connectivity index (χ0) is 38.9. The summed E-state index contributed by atoms with van der Waals surface area (Å²) in [5, 5.41) is 32.9. The molecule has 0 saturated heterocycles. The number of thiazole rings is 1. The van der Waals surface area contributed by atoms with E-state index in [1.54, 1.807) is 0 Å². The summed E-state index contributed by atoms with van der Waals surface area (Å²) in [5.41, 5.74) is 13.0. The molecule has 5 aromatic rings. The molecule has 8 aliphatic carbocycles. The molecule has 290 valence electrons. The average molecular weight is 783 g/mol. The molecule has 8 fully saturated rings. The minimum atomic E-state index is -0.732. The Bertz CT molecular complexity index is 2750. The molecule has 9 aliphatic rings. The van der Waals surface area contributed by atoms with Gasteiger partial charge in [0.2, 0.25) is 0 Å². The minimum absolute atomic E-state index is 0.0117. The van der Waals surface area contributed by atoms with Crippen molar-refractivity contribution >= 4 is 28.8 Å². The van der Waals surface area contributed by atoms with Crippen LogP contribution < -0.4 is 20.5 Å². The van der Waals surface area contributed by atoms with Crippen LogP contribution in [0.3, 0.4) is 0 Å². The largest absolute Gasteiger partial charge is 0.384 e. The summed E-state index contributed by atoms with van der Waals surface area (Å²) in [4.78, 5) is 14.7. The molecule has 0 amide bonds. The van der Waals surface area contributed by atoms with Crippen molar-refractivity contribution in [2.24, 2.45) is 41.2 Å². The van der Waals surface area contributed by atoms with Crippen molar-refractivity contribution in [3.8, 4) is 23.5 Å². The van der Waals surface area contributed by atoms with Gasteiger partial charge in [0, 0.05) is 34.4 Å². The minimum Gasteiger partial charge on any atom is -0.384 e. The summed E-state index contributed by atoms with van der Waals surface area (Å²) in [7, 11) is 0. The summed E-state index contributed by atoms with van der Waals surface area (Å²) < 4.78 is 6.34. The molecule has 8 saturated carbocycles. The zero-order valence-electron chi connectivity index (χ0n) is 32.6. The number of allylic oxidation sites excluding steroid dienone is 1. The highest BCUT2D eigenvalue weighted by molar-refractivity contribution is 7.07. The van der Waals surface area contributed by atoms with Crippen molar-refractivity contribution in [1.29, 1.82) is 10.5 Å². The molecule has 58 heavy (non-hydrogen) atoms. The second-order valence-electron chi connectivity index (χ2n) is 19.2. The van der Waals surface area contributed by atoms with E-state index in [4.69, 9.17) is 15.9 Å². The maximum absolute atomic E-state index is 14.7. The standard InChI is InChI=1S/C48H46N8OS/c49-24-37-41(39-27-55(36-9-5-2-6-10-36)53-43(39)48-21-31-14-32(22-48)16-33(15-31)23-48)38(25-50)46-56(44(37)51)45(57)40(58-46)17-34-26-54(35-7-3-1-4-8-35)52-42(34)47-18-28-11-29(19-47)13-30(12-28)20-47/h1-10,17,26-33,41H,11-16,18-23,51H2/b40-17-. The van der Waals surface area contributed by atoms with E-state index >= 15 is 0 Å². The molecule has 14 rings (SSSR count). The molecule has 1 unspecified atom stereocenters. The highest BCUT2D eigenvalue weighted by Gasteiger charge is 2.55. The SMILES string of the molecule is N#CC1=C(N)n2c(s/c(=C\c3cn(-c4ccccc4)nc3C34CC5CC(CC(C5)C3)C4)c2=O)=C(C#N)C1c1cn(-c2ccccc2)nc1C12CC3CC(CC(C3)C1)C2. The van der Waals surface area contributed by atoms with Gasteiger partial charge in [0.25, 0.3) is 5.56 Å². The van der Waals surface area contributed by atoms with Gasteiger partial charge in [-0.1, -0.05) is 36.4 Å². The topological polar surface area (TPSA) is 131 Å². The van der Waals surface area contributed by atoms with Gasteiger partial charge in [-0.25, -0.2) is 9.36 Å². The molecule has 3 aromatic heterocycles. The Labute approximate surface area is 341 Å². The molecule has 0 radical (unpaired) electrons. The third-order valence-corrected chi connectivity index (χ3v) is 16.7. The first kappa shape index (κ1) is 34.6. The number of hydrogen-bond donors (Lipinski definition) is 1. The fourth-order valence-corrected chi connectivity index (χ4v) is 15.4. The van der Waals surface area contributed by atoms with Crippen molar-refractivity contribution in [3.05, 3.63) is 121 Å².